The van der Waals surface area contributed by atoms with Gasteiger partial charge in [0.05, 0.1) is 34.0 Å². The molecule has 0 aliphatic carbocycles. The van der Waals surface area contributed by atoms with Crippen molar-refractivity contribution in [1.29, 1.82) is 0 Å². The lowest BCUT2D eigenvalue weighted by Gasteiger charge is -2.16. The number of carbonyl (C=O) groups excluding carboxylic acids is 1. The summed E-state index contributed by atoms with van der Waals surface area (Å²) in [6.45, 7) is 0. The molecular weight excluding hydrogens is 436 g/mol. The number of nitrogens with one attached hydrogen (secondary N) is 1. The number of fused-ring (bicyclic) bond motifs is 1. The van der Waals surface area contributed by atoms with Gasteiger partial charge in [0, 0.05) is 40.5 Å². The van der Waals surface area contributed by atoms with Gasteiger partial charge in [0.25, 0.3) is 11.5 Å². The van der Waals surface area contributed by atoms with Crippen LogP contribution in [0.5, 0.6) is 23.0 Å². The molecule has 1 N–H and O–H groups in total. The second kappa shape index (κ2) is 9.58. The lowest BCUT2D eigenvalue weighted by Crippen LogP contribution is -2.22. The van der Waals surface area contributed by atoms with E-state index in [1.54, 1.807) is 74.0 Å². The number of nitrogens with zero attached hydrogens (tertiary/aromatic N) is 1. The average molecular weight is 460 g/mol. The quantitative estimate of drug-likeness (QED) is 0.443. The molecule has 1 amide bonds. The van der Waals surface area contributed by atoms with E-state index in [0.717, 1.165) is 0 Å². The molecule has 0 radical (unpaired) electrons. The Morgan fingerprint density at radius 1 is 0.794 bits per heavy atom. The first-order valence-corrected chi connectivity index (χ1v) is 10.4. The fourth-order valence-electron chi connectivity index (χ4n) is 3.76. The van der Waals surface area contributed by atoms with Crippen molar-refractivity contribution in [1.82, 2.24) is 4.57 Å². The molecule has 0 saturated heterocycles. The van der Waals surface area contributed by atoms with Gasteiger partial charge < -0.3 is 24.3 Å². The lowest BCUT2D eigenvalue weighted by atomic mass is 10.1. The summed E-state index contributed by atoms with van der Waals surface area (Å²) in [4.78, 5) is 26.6. The Morgan fingerprint density at radius 3 is 1.97 bits per heavy atom. The van der Waals surface area contributed by atoms with Gasteiger partial charge in [0.1, 0.15) is 5.75 Å². The van der Waals surface area contributed by atoms with Crippen molar-refractivity contribution in [3.8, 4) is 28.7 Å². The molecule has 0 atom stereocenters. The molecule has 3 aromatic carbocycles. The van der Waals surface area contributed by atoms with Crippen LogP contribution in [0.25, 0.3) is 16.5 Å². The van der Waals surface area contributed by atoms with Crippen LogP contribution in [0.3, 0.4) is 0 Å². The van der Waals surface area contributed by atoms with Crippen molar-refractivity contribution in [2.24, 2.45) is 0 Å². The van der Waals surface area contributed by atoms with Gasteiger partial charge in [-0.2, -0.15) is 0 Å². The summed E-state index contributed by atoms with van der Waals surface area (Å²) in [5, 5.41) is 3.85. The average Bonchev–Trinajstić information content (AvgIpc) is 2.88. The van der Waals surface area contributed by atoms with Gasteiger partial charge in [-0.3, -0.25) is 14.2 Å². The van der Waals surface area contributed by atoms with Gasteiger partial charge in [0.2, 0.25) is 5.75 Å². The van der Waals surface area contributed by atoms with Crippen LogP contribution in [0.4, 0.5) is 5.69 Å². The third-order valence-corrected chi connectivity index (χ3v) is 5.44. The number of benzene rings is 3. The van der Waals surface area contributed by atoms with Gasteiger partial charge in [0.15, 0.2) is 11.5 Å². The van der Waals surface area contributed by atoms with Crippen LogP contribution in [0, 0.1) is 0 Å². The number of anilines is 1. The summed E-state index contributed by atoms with van der Waals surface area (Å²) in [6, 6.07) is 17.3. The van der Waals surface area contributed by atoms with Crippen molar-refractivity contribution < 1.29 is 23.7 Å². The van der Waals surface area contributed by atoms with E-state index in [1.807, 2.05) is 0 Å². The van der Waals surface area contributed by atoms with Gasteiger partial charge in [-0.05, 0) is 30.3 Å². The molecule has 1 aromatic heterocycles. The maximum absolute atomic E-state index is 13.4. The zero-order valence-electron chi connectivity index (χ0n) is 19.2. The Morgan fingerprint density at radius 2 is 1.41 bits per heavy atom. The number of aromatic nitrogens is 1. The van der Waals surface area contributed by atoms with Crippen molar-refractivity contribution >= 4 is 22.4 Å². The molecule has 8 heteroatoms. The minimum atomic E-state index is -0.396. The van der Waals surface area contributed by atoms with Crippen LogP contribution in [0.2, 0.25) is 0 Å². The molecule has 1 heterocycles. The van der Waals surface area contributed by atoms with Gasteiger partial charge in [-0.15, -0.1) is 0 Å². The maximum Gasteiger partial charge on any atom is 0.262 e. The zero-order valence-corrected chi connectivity index (χ0v) is 19.2. The molecule has 8 nitrogen and oxygen atoms in total. The van der Waals surface area contributed by atoms with Crippen LogP contribution in [0.15, 0.2) is 71.7 Å². The van der Waals surface area contributed by atoms with Crippen molar-refractivity contribution in [2.45, 2.75) is 0 Å². The smallest absolute Gasteiger partial charge is 0.262 e. The fourth-order valence-corrected chi connectivity index (χ4v) is 3.76. The second-order valence-corrected chi connectivity index (χ2v) is 7.33. The monoisotopic (exact) mass is 460 g/mol. The van der Waals surface area contributed by atoms with E-state index in [-0.39, 0.29) is 5.56 Å². The number of methoxy groups -OCH3 is 4. The Bertz CT molecular complexity index is 1380. The third kappa shape index (κ3) is 4.13. The van der Waals surface area contributed by atoms with Crippen molar-refractivity contribution in [3.63, 3.8) is 0 Å². The molecule has 34 heavy (non-hydrogen) atoms. The standard InChI is InChI=1S/C26H24N2O6/c1-31-18-11-9-17(10-12-18)28-15-21(19-7-5-6-8-20(19)26(28)30)25(29)27-16-13-22(32-2)24(34-4)23(14-16)33-3/h5-15H,1-4H3,(H,27,29). The van der Waals surface area contributed by atoms with E-state index < -0.39 is 5.91 Å². The molecule has 0 unspecified atom stereocenters. The molecule has 4 rings (SSSR count). The summed E-state index contributed by atoms with van der Waals surface area (Å²) in [5.41, 5.74) is 1.16. The Balaban J connectivity index is 1.82. The predicted octanol–water partition coefficient (Wildman–Crippen LogP) is 4.28. The highest BCUT2D eigenvalue weighted by molar-refractivity contribution is 6.12. The van der Waals surface area contributed by atoms with Crippen molar-refractivity contribution in [3.05, 3.63) is 82.8 Å². The number of rotatable bonds is 7. The molecule has 0 saturated carbocycles. The highest BCUT2D eigenvalue weighted by atomic mass is 16.5. The summed E-state index contributed by atoms with van der Waals surface area (Å²) in [7, 11) is 6.08. The summed E-state index contributed by atoms with van der Waals surface area (Å²) < 4.78 is 22.8. The molecule has 0 fully saturated rings. The number of hydrogen-bond donors (Lipinski definition) is 1. The second-order valence-electron chi connectivity index (χ2n) is 7.33. The fraction of sp³-hybridized carbons (Fsp3) is 0.154. The Labute approximate surface area is 196 Å². The zero-order chi connectivity index (χ0) is 24.2. The van der Waals surface area contributed by atoms with Crippen LogP contribution in [-0.4, -0.2) is 38.9 Å². The molecule has 0 bridgehead atoms. The number of pyridine rings is 1. The maximum atomic E-state index is 13.4. The van der Waals surface area contributed by atoms with Crippen LogP contribution < -0.4 is 29.8 Å². The largest absolute Gasteiger partial charge is 0.497 e. The third-order valence-electron chi connectivity index (χ3n) is 5.44. The van der Waals surface area contributed by atoms with E-state index in [0.29, 0.717) is 50.7 Å². The summed E-state index contributed by atoms with van der Waals surface area (Å²) in [5.74, 6) is 1.50. The van der Waals surface area contributed by atoms with Gasteiger partial charge in [-0.25, -0.2) is 0 Å². The van der Waals surface area contributed by atoms with E-state index in [1.165, 1.54) is 25.9 Å². The first kappa shape index (κ1) is 22.7. The van der Waals surface area contributed by atoms with E-state index in [2.05, 4.69) is 5.32 Å². The van der Waals surface area contributed by atoms with Crippen LogP contribution in [0.1, 0.15) is 10.4 Å². The summed E-state index contributed by atoms with van der Waals surface area (Å²) >= 11 is 0. The van der Waals surface area contributed by atoms with Crippen LogP contribution in [-0.2, 0) is 0 Å². The van der Waals surface area contributed by atoms with Gasteiger partial charge >= 0.3 is 0 Å². The molecule has 174 valence electrons. The highest BCUT2D eigenvalue weighted by Gasteiger charge is 2.18. The molecule has 0 spiro atoms. The predicted molar refractivity (Wildman–Crippen MR) is 130 cm³/mol. The van der Waals surface area contributed by atoms with E-state index >= 15 is 0 Å². The Hall–Kier alpha value is -4.46. The highest BCUT2D eigenvalue weighted by Crippen LogP contribution is 2.40. The van der Waals surface area contributed by atoms with E-state index in [9.17, 15) is 9.59 Å². The van der Waals surface area contributed by atoms with Crippen molar-refractivity contribution in [2.75, 3.05) is 33.8 Å². The first-order valence-electron chi connectivity index (χ1n) is 10.4. The van der Waals surface area contributed by atoms with E-state index in [4.69, 9.17) is 18.9 Å². The number of carbonyl (C=O) groups is 1. The minimum absolute atomic E-state index is 0.231. The minimum Gasteiger partial charge on any atom is -0.497 e. The first-order chi connectivity index (χ1) is 16.5. The SMILES string of the molecule is COc1ccc(-n2cc(C(=O)Nc3cc(OC)c(OC)c(OC)c3)c3ccccc3c2=O)cc1. The molecule has 0 aliphatic rings. The number of hydrogen-bond acceptors (Lipinski definition) is 6. The number of ether oxygens (including phenoxy) is 4. The summed E-state index contributed by atoms with van der Waals surface area (Å²) in [6.07, 6.45) is 1.54. The molecule has 0 aliphatic heterocycles. The Kier molecular flexibility index (Phi) is 6.40. The lowest BCUT2D eigenvalue weighted by molar-refractivity contribution is 0.102. The normalized spacial score (nSPS) is 10.6. The number of amides is 1. The topological polar surface area (TPSA) is 88.0 Å². The molecule has 4 aromatic rings. The molecular formula is C26H24N2O6. The van der Waals surface area contributed by atoms with Crippen LogP contribution >= 0.6 is 0 Å². The van der Waals surface area contributed by atoms with Gasteiger partial charge in [-0.1, -0.05) is 18.2 Å².